The van der Waals surface area contributed by atoms with Crippen molar-refractivity contribution >= 4 is 23.3 Å². The zero-order chi connectivity index (χ0) is 34.1. The second-order valence-corrected chi connectivity index (χ2v) is 12.1. The van der Waals surface area contributed by atoms with Crippen LogP contribution in [0.1, 0.15) is 115 Å². The first-order valence-electron chi connectivity index (χ1n) is 17.3. The molecule has 5 nitrogen and oxygen atoms in total. The van der Waals surface area contributed by atoms with Gasteiger partial charge < -0.3 is 16.0 Å². The van der Waals surface area contributed by atoms with Crippen molar-refractivity contribution in [2.75, 3.05) is 10.6 Å². The lowest BCUT2D eigenvalue weighted by atomic mass is 9.93. The Morgan fingerprint density at radius 2 is 1.09 bits per heavy atom. The van der Waals surface area contributed by atoms with E-state index in [2.05, 4.69) is 142 Å². The number of hydrogen-bond donors (Lipinski definition) is 3. The van der Waals surface area contributed by atoms with Crippen LogP contribution in [-0.4, -0.2) is 11.9 Å². The highest BCUT2D eigenvalue weighted by Gasteiger charge is 2.15. The molecule has 2 aromatic carbocycles. The van der Waals surface area contributed by atoms with Gasteiger partial charge in [-0.1, -0.05) is 138 Å². The molecule has 0 aliphatic heterocycles. The zero-order valence-corrected chi connectivity index (χ0v) is 29.3. The maximum Gasteiger partial charge on any atom is 0.319 e. The van der Waals surface area contributed by atoms with Crippen molar-refractivity contribution in [3.05, 3.63) is 132 Å². The van der Waals surface area contributed by atoms with Crippen LogP contribution in [0.3, 0.4) is 0 Å². The van der Waals surface area contributed by atoms with Gasteiger partial charge in [-0.3, -0.25) is 4.79 Å². The van der Waals surface area contributed by atoms with Crippen LogP contribution < -0.4 is 16.0 Å². The van der Waals surface area contributed by atoms with E-state index in [1.807, 2.05) is 24.3 Å². The fourth-order valence-electron chi connectivity index (χ4n) is 4.82. The Labute approximate surface area is 284 Å². The molecule has 0 unspecified atom stereocenters. The fourth-order valence-corrected chi connectivity index (χ4v) is 4.82. The van der Waals surface area contributed by atoms with Crippen LogP contribution >= 0.6 is 0 Å². The average molecular weight is 636 g/mol. The summed E-state index contributed by atoms with van der Waals surface area (Å²) < 4.78 is 0. The lowest BCUT2D eigenvalue weighted by Crippen LogP contribution is -2.29. The number of carbonyl (C=O) groups is 2. The number of allylic oxidation sites excluding steroid dienone is 12. The van der Waals surface area contributed by atoms with Gasteiger partial charge in [0.05, 0.1) is 0 Å². The van der Waals surface area contributed by atoms with Crippen molar-refractivity contribution in [3.8, 4) is 0 Å². The Bertz CT molecular complexity index is 1350. The van der Waals surface area contributed by atoms with Crippen LogP contribution in [0.5, 0.6) is 0 Å². The topological polar surface area (TPSA) is 70.2 Å². The van der Waals surface area contributed by atoms with Gasteiger partial charge in [-0.25, -0.2) is 4.79 Å². The molecule has 0 fully saturated rings. The zero-order valence-electron chi connectivity index (χ0n) is 29.3. The Hall–Kier alpha value is -4.38. The van der Waals surface area contributed by atoms with E-state index in [9.17, 15) is 9.59 Å². The van der Waals surface area contributed by atoms with Crippen LogP contribution in [0.2, 0.25) is 0 Å². The number of hydrogen-bond acceptors (Lipinski definition) is 2. The van der Waals surface area contributed by atoms with E-state index in [-0.39, 0.29) is 11.9 Å². The van der Waals surface area contributed by atoms with Crippen molar-refractivity contribution in [2.24, 2.45) is 0 Å². The molecule has 0 atom stereocenters. The summed E-state index contributed by atoms with van der Waals surface area (Å²) >= 11 is 0. The maximum atomic E-state index is 12.8. The van der Waals surface area contributed by atoms with Crippen LogP contribution in [-0.2, 0) is 11.3 Å². The van der Waals surface area contributed by atoms with Crippen molar-refractivity contribution in [3.63, 3.8) is 0 Å². The molecule has 5 heteroatoms. The molecule has 0 saturated heterocycles. The summed E-state index contributed by atoms with van der Waals surface area (Å²) in [5.41, 5.74) is 4.87. The quantitative estimate of drug-likeness (QED) is 0.127. The normalized spacial score (nSPS) is 12.3. The number of para-hydroxylation sites is 1. The summed E-state index contributed by atoms with van der Waals surface area (Å²) in [7, 11) is 0. The lowest BCUT2D eigenvalue weighted by molar-refractivity contribution is -0.116. The third-order valence-electron chi connectivity index (χ3n) is 7.44. The van der Waals surface area contributed by atoms with E-state index >= 15 is 0 Å². The molecule has 47 heavy (non-hydrogen) atoms. The summed E-state index contributed by atoms with van der Waals surface area (Å²) in [4.78, 5) is 25.1. The van der Waals surface area contributed by atoms with Gasteiger partial charge in [0.15, 0.2) is 0 Å². The highest BCUT2D eigenvalue weighted by molar-refractivity contribution is 5.92. The number of rotatable bonds is 20. The largest absolute Gasteiger partial charge is 0.334 e. The van der Waals surface area contributed by atoms with Crippen LogP contribution in [0, 0.1) is 0 Å². The number of amides is 3. The van der Waals surface area contributed by atoms with Crippen molar-refractivity contribution in [2.45, 2.75) is 104 Å². The Morgan fingerprint density at radius 3 is 1.55 bits per heavy atom. The first kappa shape index (κ1) is 38.8. The van der Waals surface area contributed by atoms with Crippen molar-refractivity contribution < 1.29 is 9.59 Å². The second kappa shape index (κ2) is 23.9. The molecule has 3 amide bonds. The Kier molecular flexibility index (Phi) is 19.7. The third-order valence-corrected chi connectivity index (χ3v) is 7.44. The van der Waals surface area contributed by atoms with E-state index in [4.69, 9.17) is 0 Å². The molecule has 0 spiro atoms. The predicted octanol–water partition coefficient (Wildman–Crippen LogP) is 11.7. The van der Waals surface area contributed by atoms with Crippen LogP contribution in [0.25, 0.3) is 0 Å². The van der Waals surface area contributed by atoms with E-state index in [1.54, 1.807) is 0 Å². The molecule has 0 radical (unpaired) electrons. The first-order valence-corrected chi connectivity index (χ1v) is 17.3. The summed E-state index contributed by atoms with van der Waals surface area (Å²) in [6, 6.07) is 13.5. The third kappa shape index (κ3) is 17.2. The smallest absolute Gasteiger partial charge is 0.319 e. The molecule has 0 saturated carbocycles. The van der Waals surface area contributed by atoms with Gasteiger partial charge in [0, 0.05) is 24.3 Å². The number of benzene rings is 2. The van der Waals surface area contributed by atoms with Gasteiger partial charge in [-0.05, 0) is 85.6 Å². The predicted molar refractivity (Wildman–Crippen MR) is 203 cm³/mol. The molecule has 0 aromatic heterocycles. The molecule has 3 N–H and O–H groups in total. The molecule has 2 rings (SSSR count). The number of urea groups is 1. The van der Waals surface area contributed by atoms with Crippen LogP contribution in [0.15, 0.2) is 115 Å². The molecule has 0 heterocycles. The molecular weight excluding hydrogens is 578 g/mol. The standard InChI is InChI=1S/C42H57N3O2/c1-6-7-8-9-10-11-12-13-14-15-16-17-18-19-20-21-22-23-24-28-40(46)44-37-31-29-36(30-32-37)33-43-42(47)45-41-38(34(2)3)26-25-27-39(41)35(4)5/h7-8,10-11,13-14,16-17,19-20,22-23,25-27,29-32,34-35H,6,9,12,15,18,21,24,28,33H2,1-5H3,(H,44,46)(H2,43,45,47). The summed E-state index contributed by atoms with van der Waals surface area (Å²) in [5, 5.41) is 9.00. The van der Waals surface area contributed by atoms with Gasteiger partial charge >= 0.3 is 6.03 Å². The summed E-state index contributed by atoms with van der Waals surface area (Å²) in [6.07, 6.45) is 33.1. The Balaban J connectivity index is 1.61. The first-order chi connectivity index (χ1) is 22.8. The molecule has 2 aromatic rings. The van der Waals surface area contributed by atoms with E-state index in [0.717, 1.165) is 66.6 Å². The highest BCUT2D eigenvalue weighted by atomic mass is 16.2. The van der Waals surface area contributed by atoms with Gasteiger partial charge in [0.25, 0.3) is 0 Å². The fraction of sp³-hybridized carbons (Fsp3) is 0.381. The van der Waals surface area contributed by atoms with Gasteiger partial charge in [0.1, 0.15) is 0 Å². The maximum absolute atomic E-state index is 12.8. The second-order valence-electron chi connectivity index (χ2n) is 12.1. The van der Waals surface area contributed by atoms with Crippen LogP contribution in [0.4, 0.5) is 16.2 Å². The van der Waals surface area contributed by atoms with Gasteiger partial charge in [-0.15, -0.1) is 0 Å². The van der Waals surface area contributed by atoms with E-state index in [1.165, 1.54) is 0 Å². The molecule has 0 aliphatic rings. The van der Waals surface area contributed by atoms with Crippen molar-refractivity contribution in [1.82, 2.24) is 5.32 Å². The molecule has 0 bridgehead atoms. The lowest BCUT2D eigenvalue weighted by Gasteiger charge is -2.20. The van der Waals surface area contributed by atoms with E-state index < -0.39 is 0 Å². The average Bonchev–Trinajstić information content (AvgIpc) is 3.05. The number of anilines is 2. The minimum atomic E-state index is -0.230. The Morgan fingerprint density at radius 1 is 0.617 bits per heavy atom. The van der Waals surface area contributed by atoms with E-state index in [0.29, 0.717) is 31.2 Å². The van der Waals surface area contributed by atoms with Gasteiger partial charge in [0.2, 0.25) is 5.91 Å². The monoisotopic (exact) mass is 635 g/mol. The minimum Gasteiger partial charge on any atom is -0.334 e. The highest BCUT2D eigenvalue weighted by Crippen LogP contribution is 2.32. The van der Waals surface area contributed by atoms with Crippen molar-refractivity contribution in [1.29, 1.82) is 0 Å². The summed E-state index contributed by atoms with van der Waals surface area (Å²) in [6.45, 7) is 11.1. The molecular formula is C42H57N3O2. The summed E-state index contributed by atoms with van der Waals surface area (Å²) in [5.74, 6) is 0.592. The molecule has 252 valence electrons. The number of carbonyl (C=O) groups excluding carboxylic acids is 2. The molecule has 0 aliphatic carbocycles. The van der Waals surface area contributed by atoms with Gasteiger partial charge in [-0.2, -0.15) is 0 Å². The SMILES string of the molecule is CCC=CCC=CCC=CCC=CCC=CCC=CCCC(=O)Nc1ccc(CNC(=O)Nc2c(C(C)C)cccc2C(C)C)cc1. The number of nitrogens with one attached hydrogen (secondary N) is 3. The minimum absolute atomic E-state index is 0.0143.